The van der Waals surface area contributed by atoms with Crippen LogP contribution in [-0.2, 0) is 13.0 Å². The molecule has 2 aromatic heterocycles. The quantitative estimate of drug-likeness (QED) is 0.886. The fourth-order valence-corrected chi connectivity index (χ4v) is 2.73. The van der Waals surface area contributed by atoms with Crippen LogP contribution in [-0.4, -0.2) is 48.8 Å². The Balaban J connectivity index is 1.75. The van der Waals surface area contributed by atoms with Gasteiger partial charge in [-0.15, -0.1) is 5.10 Å². The van der Waals surface area contributed by atoms with Gasteiger partial charge in [-0.3, -0.25) is 0 Å². The molecule has 2 aromatic rings. The van der Waals surface area contributed by atoms with Gasteiger partial charge in [-0.2, -0.15) is 0 Å². The van der Waals surface area contributed by atoms with Gasteiger partial charge in [0.1, 0.15) is 17.2 Å². The highest BCUT2D eigenvalue weighted by Gasteiger charge is 2.37. The number of aliphatic hydroxyl groups is 1. The number of aromatic nitrogens is 5. The molecule has 3 rings (SSSR count). The Morgan fingerprint density at radius 3 is 2.95 bits per heavy atom. The Morgan fingerprint density at radius 1 is 1.38 bits per heavy atom. The minimum absolute atomic E-state index is 0.453. The summed E-state index contributed by atoms with van der Waals surface area (Å²) >= 11 is 0. The zero-order valence-corrected chi connectivity index (χ0v) is 12.4. The molecule has 0 saturated carbocycles. The average Bonchev–Trinajstić information content (AvgIpc) is 3.08. The van der Waals surface area contributed by atoms with Crippen molar-refractivity contribution in [2.45, 2.75) is 38.8 Å². The maximum atomic E-state index is 10.7. The van der Waals surface area contributed by atoms with Gasteiger partial charge in [-0.05, 0) is 13.3 Å². The smallest absolute Gasteiger partial charge is 0.132 e. The van der Waals surface area contributed by atoms with E-state index in [4.69, 9.17) is 0 Å². The zero-order valence-electron chi connectivity index (χ0n) is 12.4. The van der Waals surface area contributed by atoms with E-state index in [2.05, 4.69) is 25.2 Å². The molecule has 21 heavy (non-hydrogen) atoms. The van der Waals surface area contributed by atoms with Gasteiger partial charge in [0.05, 0.1) is 12.7 Å². The van der Waals surface area contributed by atoms with Crippen molar-refractivity contribution in [3.63, 3.8) is 0 Å². The van der Waals surface area contributed by atoms with E-state index < -0.39 is 5.60 Å². The third-order valence-electron chi connectivity index (χ3n) is 3.79. The number of hydrogen-bond acceptors (Lipinski definition) is 6. The van der Waals surface area contributed by atoms with Crippen molar-refractivity contribution in [3.8, 4) is 0 Å². The van der Waals surface area contributed by atoms with Crippen molar-refractivity contribution in [2.24, 2.45) is 0 Å². The second-order valence-corrected chi connectivity index (χ2v) is 5.63. The van der Waals surface area contributed by atoms with Crippen LogP contribution in [0.5, 0.6) is 0 Å². The lowest BCUT2D eigenvalue weighted by atomic mass is 10.0. The molecule has 1 unspecified atom stereocenters. The maximum absolute atomic E-state index is 10.7. The molecule has 0 aliphatic carbocycles. The summed E-state index contributed by atoms with van der Waals surface area (Å²) in [5.41, 5.74) is 0.169. The lowest BCUT2D eigenvalue weighted by Gasteiger charge is -2.23. The van der Waals surface area contributed by atoms with Gasteiger partial charge >= 0.3 is 0 Å². The number of rotatable bonds is 4. The molecular formula is C14H20N6O. The first-order valence-electron chi connectivity index (χ1n) is 7.24. The molecule has 1 N–H and O–H groups in total. The summed E-state index contributed by atoms with van der Waals surface area (Å²) in [4.78, 5) is 11.1. The van der Waals surface area contributed by atoms with Gasteiger partial charge < -0.3 is 10.0 Å². The number of hydrogen-bond donors (Lipinski definition) is 1. The Morgan fingerprint density at radius 2 is 2.24 bits per heavy atom. The topological polar surface area (TPSA) is 80.0 Å². The van der Waals surface area contributed by atoms with E-state index >= 15 is 0 Å². The number of nitrogens with zero attached hydrogens (tertiary/aromatic N) is 6. The predicted molar refractivity (Wildman–Crippen MR) is 77.9 cm³/mol. The third kappa shape index (κ3) is 3.02. The van der Waals surface area contributed by atoms with Gasteiger partial charge in [0.15, 0.2) is 0 Å². The molecule has 0 amide bonds. The Hall–Kier alpha value is -2.02. The van der Waals surface area contributed by atoms with Gasteiger partial charge in [0.25, 0.3) is 0 Å². The van der Waals surface area contributed by atoms with Crippen LogP contribution >= 0.6 is 0 Å². The van der Waals surface area contributed by atoms with Crippen LogP contribution in [0.25, 0.3) is 0 Å². The van der Waals surface area contributed by atoms with Gasteiger partial charge in [-0.1, -0.05) is 12.1 Å². The predicted octanol–water partition coefficient (Wildman–Crippen LogP) is 0.580. The summed E-state index contributed by atoms with van der Waals surface area (Å²) in [5.74, 6) is 1.74. The zero-order chi connectivity index (χ0) is 14.9. The lowest BCUT2D eigenvalue weighted by molar-refractivity contribution is 0.0408. The van der Waals surface area contributed by atoms with Crippen LogP contribution in [0, 0.1) is 6.92 Å². The van der Waals surface area contributed by atoms with Crippen LogP contribution in [0.4, 0.5) is 5.82 Å². The van der Waals surface area contributed by atoms with E-state index in [1.165, 1.54) is 0 Å². The minimum atomic E-state index is -0.793. The molecule has 0 radical (unpaired) electrons. The molecule has 1 atom stereocenters. The maximum Gasteiger partial charge on any atom is 0.132 e. The number of anilines is 1. The van der Waals surface area contributed by atoms with Gasteiger partial charge in [-0.25, -0.2) is 14.6 Å². The summed E-state index contributed by atoms with van der Waals surface area (Å²) < 4.78 is 1.67. The molecule has 3 heterocycles. The SMILES string of the molecule is CCc1nc(C)cc(N2CCC(O)(Cn3ccnn3)C2)n1. The molecule has 1 saturated heterocycles. The Kier molecular flexibility index (Phi) is 3.59. The second kappa shape index (κ2) is 5.40. The molecule has 0 spiro atoms. The van der Waals surface area contributed by atoms with Crippen LogP contribution in [0.3, 0.4) is 0 Å². The largest absolute Gasteiger partial charge is 0.386 e. The van der Waals surface area contributed by atoms with E-state index in [1.54, 1.807) is 17.1 Å². The van der Waals surface area contributed by atoms with E-state index in [-0.39, 0.29) is 0 Å². The second-order valence-electron chi connectivity index (χ2n) is 5.63. The van der Waals surface area contributed by atoms with E-state index in [0.717, 1.165) is 30.3 Å². The Bertz CT molecular complexity index is 614. The van der Waals surface area contributed by atoms with E-state index in [0.29, 0.717) is 19.5 Å². The molecular weight excluding hydrogens is 268 g/mol. The fraction of sp³-hybridized carbons (Fsp3) is 0.571. The molecule has 1 aliphatic heterocycles. The number of aryl methyl sites for hydroxylation is 2. The summed E-state index contributed by atoms with van der Waals surface area (Å²) in [5, 5.41) is 18.4. The normalized spacial score (nSPS) is 22.0. The number of β-amino-alcohol motifs (C(OH)–C–C–N with tert-alkyl or cyclic N) is 1. The summed E-state index contributed by atoms with van der Waals surface area (Å²) in [6.07, 6.45) is 4.89. The lowest BCUT2D eigenvalue weighted by Crippen LogP contribution is -2.38. The minimum Gasteiger partial charge on any atom is -0.386 e. The first kappa shape index (κ1) is 13.9. The molecule has 1 fully saturated rings. The third-order valence-corrected chi connectivity index (χ3v) is 3.79. The summed E-state index contributed by atoms with van der Waals surface area (Å²) in [6.45, 7) is 5.80. The standard InChI is InChI=1S/C14H20N6O/c1-3-12-16-11(2)8-13(17-12)19-6-4-14(21,9-19)10-20-7-5-15-18-20/h5,7-8,21H,3-4,6,9-10H2,1-2H3. The molecule has 112 valence electrons. The van der Waals surface area contributed by atoms with Crippen LogP contribution < -0.4 is 4.90 Å². The monoisotopic (exact) mass is 288 g/mol. The van der Waals surface area contributed by atoms with Crippen molar-refractivity contribution >= 4 is 5.82 Å². The van der Waals surface area contributed by atoms with Crippen molar-refractivity contribution < 1.29 is 5.11 Å². The highest BCUT2D eigenvalue weighted by Crippen LogP contribution is 2.27. The average molecular weight is 288 g/mol. The molecule has 7 nitrogen and oxygen atoms in total. The van der Waals surface area contributed by atoms with Crippen molar-refractivity contribution in [1.82, 2.24) is 25.0 Å². The van der Waals surface area contributed by atoms with Crippen LogP contribution in [0.15, 0.2) is 18.5 Å². The highest BCUT2D eigenvalue weighted by atomic mass is 16.3. The Labute approximate surface area is 123 Å². The van der Waals surface area contributed by atoms with Crippen molar-refractivity contribution in [2.75, 3.05) is 18.0 Å². The van der Waals surface area contributed by atoms with Crippen molar-refractivity contribution in [1.29, 1.82) is 0 Å². The summed E-state index contributed by atoms with van der Waals surface area (Å²) in [7, 11) is 0. The van der Waals surface area contributed by atoms with Gasteiger partial charge in [0.2, 0.25) is 0 Å². The summed E-state index contributed by atoms with van der Waals surface area (Å²) in [6, 6.07) is 1.97. The first-order valence-corrected chi connectivity index (χ1v) is 7.24. The highest BCUT2D eigenvalue weighted by molar-refractivity contribution is 5.42. The van der Waals surface area contributed by atoms with Crippen molar-refractivity contribution in [3.05, 3.63) is 30.0 Å². The van der Waals surface area contributed by atoms with Crippen LogP contribution in [0.2, 0.25) is 0 Å². The molecule has 0 aromatic carbocycles. The molecule has 1 aliphatic rings. The van der Waals surface area contributed by atoms with Gasteiger partial charge in [0, 0.05) is 37.5 Å². The first-order chi connectivity index (χ1) is 10.1. The molecule has 7 heteroatoms. The molecule has 0 bridgehead atoms. The van der Waals surface area contributed by atoms with E-state index in [9.17, 15) is 5.11 Å². The van der Waals surface area contributed by atoms with E-state index in [1.807, 2.05) is 19.9 Å². The fourth-order valence-electron chi connectivity index (χ4n) is 2.73. The van der Waals surface area contributed by atoms with Crippen LogP contribution in [0.1, 0.15) is 24.9 Å².